The molecular weight excluding hydrogens is 525 g/mol. The Morgan fingerprint density at radius 2 is 1.87 bits per heavy atom. The molecule has 2 aromatic carbocycles. The monoisotopic (exact) mass is 547 g/mol. The van der Waals surface area contributed by atoms with E-state index in [-0.39, 0.29) is 34.8 Å². The highest BCUT2D eigenvalue weighted by Crippen LogP contribution is 2.41. The number of urea groups is 1. The Hall–Kier alpha value is -4.49. The maximum Gasteiger partial charge on any atom is 0.419 e. The molecule has 1 aliphatic rings. The van der Waals surface area contributed by atoms with Crippen LogP contribution in [0, 0.1) is 11.6 Å². The molecule has 1 saturated heterocycles. The third-order valence-corrected chi connectivity index (χ3v) is 6.67. The van der Waals surface area contributed by atoms with E-state index in [1.165, 1.54) is 17.9 Å². The van der Waals surface area contributed by atoms with Crippen LogP contribution in [-0.4, -0.2) is 61.5 Å². The van der Waals surface area contributed by atoms with Crippen molar-refractivity contribution in [3.63, 3.8) is 0 Å². The van der Waals surface area contributed by atoms with Crippen LogP contribution in [0.4, 0.5) is 32.7 Å². The van der Waals surface area contributed by atoms with Crippen LogP contribution in [0.2, 0.25) is 0 Å². The van der Waals surface area contributed by atoms with E-state index in [0.29, 0.717) is 26.1 Å². The Balaban J connectivity index is 1.51. The van der Waals surface area contributed by atoms with Crippen LogP contribution in [0.5, 0.6) is 5.75 Å². The number of aromatic hydroxyl groups is 1. The molecule has 1 aliphatic heterocycles. The molecule has 5 rings (SSSR count). The van der Waals surface area contributed by atoms with E-state index in [1.807, 2.05) is 35.2 Å². The summed E-state index contributed by atoms with van der Waals surface area (Å²) in [6.45, 7) is 1.02. The number of aromatic nitrogens is 4. The molecule has 3 heterocycles. The van der Waals surface area contributed by atoms with Gasteiger partial charge in [-0.2, -0.15) is 23.3 Å². The molecule has 1 atom stereocenters. The van der Waals surface area contributed by atoms with Crippen molar-refractivity contribution in [2.45, 2.75) is 18.6 Å². The van der Waals surface area contributed by atoms with Crippen LogP contribution in [0.3, 0.4) is 0 Å². The number of primary amides is 1. The van der Waals surface area contributed by atoms with Gasteiger partial charge in [0.1, 0.15) is 5.69 Å². The van der Waals surface area contributed by atoms with Gasteiger partial charge in [0.25, 0.3) is 0 Å². The zero-order valence-electron chi connectivity index (χ0n) is 20.5. The average Bonchev–Trinajstić information content (AvgIpc) is 3.22. The molecule has 0 radical (unpaired) electrons. The van der Waals surface area contributed by atoms with Crippen molar-refractivity contribution in [1.29, 1.82) is 0 Å². The molecule has 0 aliphatic carbocycles. The molecule has 1 fully saturated rings. The number of nitrogens with two attached hydrogens (primary N) is 1. The van der Waals surface area contributed by atoms with Gasteiger partial charge in [-0.1, -0.05) is 30.3 Å². The molecular formula is C25H22F5N7O2. The van der Waals surface area contributed by atoms with E-state index >= 15 is 0 Å². The summed E-state index contributed by atoms with van der Waals surface area (Å²) >= 11 is 0. The Morgan fingerprint density at radius 1 is 1.15 bits per heavy atom. The second-order valence-corrected chi connectivity index (χ2v) is 9.15. The first kappa shape index (κ1) is 26.1. The number of rotatable bonds is 4. The van der Waals surface area contributed by atoms with Gasteiger partial charge < -0.3 is 20.6 Å². The van der Waals surface area contributed by atoms with Gasteiger partial charge in [0.05, 0.1) is 17.0 Å². The first-order valence-corrected chi connectivity index (χ1v) is 11.8. The summed E-state index contributed by atoms with van der Waals surface area (Å²) in [5, 5.41) is 13.9. The number of carbonyl (C=O) groups excluding carboxylic acids is 1. The van der Waals surface area contributed by atoms with Crippen LogP contribution < -0.4 is 10.6 Å². The minimum Gasteiger partial charge on any atom is -0.503 e. The fourth-order valence-corrected chi connectivity index (χ4v) is 4.77. The number of amides is 2. The molecule has 2 aromatic heterocycles. The number of phenols is 1. The number of phenolic OH excluding ortho intramolecular Hbond substituents is 1. The summed E-state index contributed by atoms with van der Waals surface area (Å²) in [4.78, 5) is 24.3. The lowest BCUT2D eigenvalue weighted by molar-refractivity contribution is -0.140. The number of benzene rings is 2. The second-order valence-electron chi connectivity index (χ2n) is 9.15. The molecule has 39 heavy (non-hydrogen) atoms. The summed E-state index contributed by atoms with van der Waals surface area (Å²) < 4.78 is 69.9. The third-order valence-electron chi connectivity index (χ3n) is 6.67. The Morgan fingerprint density at radius 3 is 2.54 bits per heavy atom. The molecule has 14 heteroatoms. The van der Waals surface area contributed by atoms with E-state index in [9.17, 15) is 31.9 Å². The molecule has 3 N–H and O–H groups in total. The molecule has 0 saturated carbocycles. The van der Waals surface area contributed by atoms with Gasteiger partial charge in [0, 0.05) is 38.4 Å². The smallest absolute Gasteiger partial charge is 0.419 e. The quantitative estimate of drug-likeness (QED) is 0.376. The van der Waals surface area contributed by atoms with Crippen molar-refractivity contribution < 1.29 is 31.9 Å². The Kier molecular flexibility index (Phi) is 6.48. The minimum absolute atomic E-state index is 0.0934. The van der Waals surface area contributed by atoms with Crippen molar-refractivity contribution in [1.82, 2.24) is 24.6 Å². The lowest BCUT2D eigenvalue weighted by atomic mass is 10.0. The molecule has 9 nitrogen and oxygen atoms in total. The molecule has 0 bridgehead atoms. The molecule has 0 spiro atoms. The lowest BCUT2D eigenvalue weighted by Crippen LogP contribution is -2.57. The predicted octanol–water partition coefficient (Wildman–Crippen LogP) is 3.84. The molecule has 0 unspecified atom stereocenters. The maximum atomic E-state index is 14.7. The van der Waals surface area contributed by atoms with Gasteiger partial charge in [-0.15, -0.1) is 0 Å². The maximum absolute atomic E-state index is 14.7. The van der Waals surface area contributed by atoms with E-state index in [2.05, 4.69) is 15.1 Å². The predicted molar refractivity (Wildman–Crippen MR) is 131 cm³/mol. The van der Waals surface area contributed by atoms with Crippen molar-refractivity contribution in [3.05, 3.63) is 65.4 Å². The zero-order valence-corrected chi connectivity index (χ0v) is 20.5. The number of fused-ring (bicyclic) bond motifs is 1. The first-order chi connectivity index (χ1) is 18.5. The number of halogens is 5. The third kappa shape index (κ3) is 4.77. The molecule has 204 valence electrons. The Labute approximate surface area is 218 Å². The van der Waals surface area contributed by atoms with Crippen molar-refractivity contribution in [2.75, 3.05) is 24.5 Å². The van der Waals surface area contributed by atoms with Crippen LogP contribution in [0.15, 0.2) is 42.6 Å². The van der Waals surface area contributed by atoms with Crippen LogP contribution in [-0.2, 0) is 19.6 Å². The number of nitrogens with zero attached hydrogens (tertiary/aromatic N) is 6. The molecule has 4 aromatic rings. The van der Waals surface area contributed by atoms with E-state index < -0.39 is 40.7 Å². The van der Waals surface area contributed by atoms with Gasteiger partial charge in [-0.05, 0) is 18.1 Å². The van der Waals surface area contributed by atoms with Crippen molar-refractivity contribution in [2.24, 2.45) is 12.8 Å². The molecule has 2 amide bonds. The highest BCUT2D eigenvalue weighted by atomic mass is 19.4. The SMILES string of the molecule is Cn1nc(-c2cc(C(F)(F)F)c(F)c(O)c2F)c2cnc(N3CCN(C(N)=O)[C@@H](Cc4ccccc4)C3)nc21. The topological polar surface area (TPSA) is 113 Å². The number of alkyl halides is 3. The number of carbonyl (C=O) groups is 1. The lowest BCUT2D eigenvalue weighted by Gasteiger charge is -2.40. The summed E-state index contributed by atoms with van der Waals surface area (Å²) in [7, 11) is 1.46. The zero-order chi connectivity index (χ0) is 28.1. The highest BCUT2D eigenvalue weighted by Gasteiger charge is 2.38. The van der Waals surface area contributed by atoms with Gasteiger partial charge >= 0.3 is 12.2 Å². The number of hydrogen-bond acceptors (Lipinski definition) is 6. The minimum atomic E-state index is -5.18. The van der Waals surface area contributed by atoms with Gasteiger partial charge in [0.2, 0.25) is 5.95 Å². The van der Waals surface area contributed by atoms with Crippen molar-refractivity contribution >= 4 is 23.0 Å². The number of hydrogen-bond donors (Lipinski definition) is 2. The summed E-state index contributed by atoms with van der Waals surface area (Å²) in [5.41, 5.74) is 3.90. The average molecular weight is 547 g/mol. The fourth-order valence-electron chi connectivity index (χ4n) is 4.77. The standard InChI is InChI=1S/C25H22F5N7O2/c1-35-22-16(20(34-35)15-10-17(25(28,29)30)19(27)21(38)18(15)26)11-32-24(33-22)36-7-8-37(23(31)39)14(12-36)9-13-5-3-2-4-6-13/h2-6,10-11,14,38H,7-9,12H2,1H3,(H2,31,39)/t14-/m0/s1. The largest absolute Gasteiger partial charge is 0.503 e. The van der Waals surface area contributed by atoms with Crippen molar-refractivity contribution in [3.8, 4) is 17.0 Å². The summed E-state index contributed by atoms with van der Waals surface area (Å²) in [6.07, 6.45) is -3.37. The number of anilines is 1. The van der Waals surface area contributed by atoms with E-state index in [0.717, 1.165) is 5.56 Å². The van der Waals surface area contributed by atoms with Crippen LogP contribution >= 0.6 is 0 Å². The van der Waals surface area contributed by atoms with Crippen LogP contribution in [0.25, 0.3) is 22.3 Å². The van der Waals surface area contributed by atoms with Gasteiger partial charge in [-0.25, -0.2) is 23.2 Å². The van der Waals surface area contributed by atoms with Gasteiger partial charge in [-0.3, -0.25) is 0 Å². The highest BCUT2D eigenvalue weighted by molar-refractivity contribution is 5.91. The van der Waals surface area contributed by atoms with Crippen LogP contribution in [0.1, 0.15) is 11.1 Å². The second kappa shape index (κ2) is 9.67. The summed E-state index contributed by atoms with van der Waals surface area (Å²) in [6, 6.07) is 8.98. The first-order valence-electron chi connectivity index (χ1n) is 11.8. The fraction of sp³-hybridized carbons (Fsp3) is 0.280. The van der Waals surface area contributed by atoms with Gasteiger partial charge in [0.15, 0.2) is 23.0 Å². The Bertz CT molecular complexity index is 1560. The number of piperazine rings is 1. The normalized spacial score (nSPS) is 16.2. The van der Waals surface area contributed by atoms with E-state index in [4.69, 9.17) is 5.73 Å². The number of aryl methyl sites for hydroxylation is 1. The van der Waals surface area contributed by atoms with E-state index in [1.54, 1.807) is 4.90 Å². The summed E-state index contributed by atoms with van der Waals surface area (Å²) in [5.74, 6) is -5.19.